The predicted molar refractivity (Wildman–Crippen MR) is 109 cm³/mol. The molecule has 27 heavy (non-hydrogen) atoms. The van der Waals surface area contributed by atoms with Crippen LogP contribution < -0.4 is 5.32 Å². The number of likely N-dealkylation sites (tertiary alicyclic amines) is 1. The van der Waals surface area contributed by atoms with Crippen LogP contribution in [0.4, 0.5) is 5.95 Å². The number of benzene rings is 2. The highest BCUT2D eigenvalue weighted by atomic mass is 15.2. The number of anilines is 1. The summed E-state index contributed by atoms with van der Waals surface area (Å²) in [4.78, 5) is 7.26. The molecule has 0 amide bonds. The molecule has 4 rings (SSSR count). The van der Waals surface area contributed by atoms with E-state index in [1.165, 1.54) is 11.1 Å². The van der Waals surface area contributed by atoms with Crippen LogP contribution in [0.3, 0.4) is 0 Å². The first-order chi connectivity index (χ1) is 13.2. The van der Waals surface area contributed by atoms with E-state index in [4.69, 9.17) is 10.2 Å². The molecule has 1 N–H and O–H groups in total. The van der Waals surface area contributed by atoms with Crippen molar-refractivity contribution >= 4 is 17.0 Å². The Balaban J connectivity index is 1.28. The lowest BCUT2D eigenvalue weighted by atomic mass is 10.0. The number of aryl methyl sites for hydroxylation is 1. The molecule has 0 spiro atoms. The van der Waals surface area contributed by atoms with Gasteiger partial charge in [-0.05, 0) is 49.1 Å². The van der Waals surface area contributed by atoms with E-state index in [9.17, 15) is 0 Å². The molecular formula is C22H25N5. The number of rotatable bonds is 5. The standard InChI is InChI=1S/C22H25N5/c1-26-21-5-3-2-4-20(21)25-22(26)24-19-11-14-27(15-12-19)13-10-17-6-8-18(16-23)9-7-17/h2-9,19H,10-15H2,1H3,(H,24,25). The van der Waals surface area contributed by atoms with Crippen LogP contribution in [0.2, 0.25) is 0 Å². The van der Waals surface area contributed by atoms with Gasteiger partial charge in [0.05, 0.1) is 22.7 Å². The third-order valence-corrected chi connectivity index (χ3v) is 5.51. The summed E-state index contributed by atoms with van der Waals surface area (Å²) in [5.74, 6) is 0.965. The third kappa shape index (κ3) is 3.96. The van der Waals surface area contributed by atoms with Crippen molar-refractivity contribution in [3.8, 4) is 6.07 Å². The Morgan fingerprint density at radius 3 is 2.56 bits per heavy atom. The summed E-state index contributed by atoms with van der Waals surface area (Å²) >= 11 is 0. The molecule has 0 bridgehead atoms. The van der Waals surface area contributed by atoms with Gasteiger partial charge in [0.15, 0.2) is 0 Å². The lowest BCUT2D eigenvalue weighted by Crippen LogP contribution is -2.40. The number of hydrogen-bond acceptors (Lipinski definition) is 4. The molecule has 1 aromatic heterocycles. The molecule has 5 nitrogen and oxygen atoms in total. The van der Waals surface area contributed by atoms with Crippen molar-refractivity contribution in [2.24, 2.45) is 7.05 Å². The number of nitrogens with zero attached hydrogens (tertiary/aromatic N) is 4. The first-order valence-corrected chi connectivity index (χ1v) is 9.62. The Bertz CT molecular complexity index is 943. The van der Waals surface area contributed by atoms with E-state index < -0.39 is 0 Å². The van der Waals surface area contributed by atoms with Gasteiger partial charge in [0.1, 0.15) is 0 Å². The molecule has 1 aliphatic rings. The van der Waals surface area contributed by atoms with Crippen molar-refractivity contribution in [2.45, 2.75) is 25.3 Å². The number of para-hydroxylation sites is 2. The predicted octanol–water partition coefficient (Wildman–Crippen LogP) is 3.56. The molecule has 0 atom stereocenters. The van der Waals surface area contributed by atoms with E-state index in [1.807, 2.05) is 18.2 Å². The van der Waals surface area contributed by atoms with Gasteiger partial charge in [0.25, 0.3) is 0 Å². The van der Waals surface area contributed by atoms with Gasteiger partial charge in [-0.1, -0.05) is 24.3 Å². The molecule has 0 unspecified atom stereocenters. The van der Waals surface area contributed by atoms with E-state index in [0.717, 1.165) is 55.9 Å². The van der Waals surface area contributed by atoms with Crippen molar-refractivity contribution < 1.29 is 0 Å². The molecule has 1 fully saturated rings. The van der Waals surface area contributed by atoms with Crippen LogP contribution in [-0.2, 0) is 13.5 Å². The fraction of sp³-hybridized carbons (Fsp3) is 0.364. The first kappa shape index (κ1) is 17.6. The largest absolute Gasteiger partial charge is 0.353 e. The van der Waals surface area contributed by atoms with Gasteiger partial charge < -0.3 is 14.8 Å². The zero-order chi connectivity index (χ0) is 18.6. The number of piperidine rings is 1. The normalized spacial score (nSPS) is 15.7. The minimum absolute atomic E-state index is 0.478. The summed E-state index contributed by atoms with van der Waals surface area (Å²) in [5.41, 5.74) is 4.24. The maximum Gasteiger partial charge on any atom is 0.203 e. The highest BCUT2D eigenvalue weighted by molar-refractivity contribution is 5.78. The van der Waals surface area contributed by atoms with E-state index in [0.29, 0.717) is 6.04 Å². The van der Waals surface area contributed by atoms with E-state index in [1.54, 1.807) is 0 Å². The average Bonchev–Trinajstić information content (AvgIpc) is 3.03. The summed E-state index contributed by atoms with van der Waals surface area (Å²) < 4.78 is 2.15. The molecular weight excluding hydrogens is 334 g/mol. The van der Waals surface area contributed by atoms with Crippen LogP contribution in [-0.4, -0.2) is 40.1 Å². The molecule has 2 aromatic carbocycles. The number of aromatic nitrogens is 2. The van der Waals surface area contributed by atoms with Crippen LogP contribution in [0, 0.1) is 11.3 Å². The number of hydrogen-bond donors (Lipinski definition) is 1. The number of imidazole rings is 1. The molecule has 3 aromatic rings. The van der Waals surface area contributed by atoms with Crippen molar-refractivity contribution in [3.63, 3.8) is 0 Å². The van der Waals surface area contributed by atoms with Crippen molar-refractivity contribution in [3.05, 3.63) is 59.7 Å². The number of nitrogens with one attached hydrogen (secondary N) is 1. The van der Waals surface area contributed by atoms with Crippen LogP contribution in [0.5, 0.6) is 0 Å². The topological polar surface area (TPSA) is 56.9 Å². The summed E-state index contributed by atoms with van der Waals surface area (Å²) in [7, 11) is 2.07. The zero-order valence-corrected chi connectivity index (χ0v) is 15.7. The SMILES string of the molecule is Cn1c(NC2CCN(CCc3ccc(C#N)cc3)CC2)nc2ccccc21. The Hall–Kier alpha value is -2.84. The van der Waals surface area contributed by atoms with Crippen LogP contribution in [0.25, 0.3) is 11.0 Å². The smallest absolute Gasteiger partial charge is 0.203 e. The maximum absolute atomic E-state index is 8.88. The third-order valence-electron chi connectivity index (χ3n) is 5.51. The maximum atomic E-state index is 8.88. The highest BCUT2D eigenvalue weighted by Gasteiger charge is 2.20. The van der Waals surface area contributed by atoms with Crippen molar-refractivity contribution in [1.82, 2.24) is 14.5 Å². The zero-order valence-electron chi connectivity index (χ0n) is 15.7. The van der Waals surface area contributed by atoms with Crippen LogP contribution in [0.1, 0.15) is 24.0 Å². The number of fused-ring (bicyclic) bond motifs is 1. The van der Waals surface area contributed by atoms with Gasteiger partial charge in [-0.2, -0.15) is 5.26 Å². The summed E-state index contributed by atoms with van der Waals surface area (Å²) in [6.07, 6.45) is 3.31. The lowest BCUT2D eigenvalue weighted by Gasteiger charge is -2.32. The van der Waals surface area contributed by atoms with Crippen molar-refractivity contribution in [2.75, 3.05) is 25.0 Å². The Morgan fingerprint density at radius 1 is 1.11 bits per heavy atom. The quantitative estimate of drug-likeness (QED) is 0.757. The van der Waals surface area contributed by atoms with Crippen molar-refractivity contribution in [1.29, 1.82) is 5.26 Å². The van der Waals surface area contributed by atoms with Gasteiger partial charge >= 0.3 is 0 Å². The molecule has 0 saturated carbocycles. The second-order valence-electron chi connectivity index (χ2n) is 7.30. The van der Waals surface area contributed by atoms with Crippen LogP contribution in [0.15, 0.2) is 48.5 Å². The second-order valence-corrected chi connectivity index (χ2v) is 7.30. The molecule has 1 saturated heterocycles. The molecule has 138 valence electrons. The van der Waals surface area contributed by atoms with Gasteiger partial charge in [-0.3, -0.25) is 0 Å². The van der Waals surface area contributed by atoms with E-state index in [-0.39, 0.29) is 0 Å². The molecule has 2 heterocycles. The Kier molecular flexibility index (Phi) is 5.08. The van der Waals surface area contributed by atoms with Gasteiger partial charge in [-0.25, -0.2) is 4.98 Å². The van der Waals surface area contributed by atoms with Gasteiger partial charge in [-0.15, -0.1) is 0 Å². The first-order valence-electron chi connectivity index (χ1n) is 9.62. The average molecular weight is 359 g/mol. The minimum atomic E-state index is 0.478. The Morgan fingerprint density at radius 2 is 1.85 bits per heavy atom. The number of nitriles is 1. The minimum Gasteiger partial charge on any atom is -0.353 e. The summed E-state index contributed by atoms with van der Waals surface area (Å²) in [6.45, 7) is 3.29. The lowest BCUT2D eigenvalue weighted by molar-refractivity contribution is 0.221. The monoisotopic (exact) mass is 359 g/mol. The molecule has 0 radical (unpaired) electrons. The van der Waals surface area contributed by atoms with E-state index >= 15 is 0 Å². The summed E-state index contributed by atoms with van der Waals surface area (Å²) in [6, 6.07) is 18.9. The molecule has 0 aliphatic carbocycles. The van der Waals surface area contributed by atoms with E-state index in [2.05, 4.69) is 58.2 Å². The molecule has 5 heteroatoms. The Labute approximate surface area is 160 Å². The highest BCUT2D eigenvalue weighted by Crippen LogP contribution is 2.21. The fourth-order valence-electron chi connectivity index (χ4n) is 3.79. The second kappa shape index (κ2) is 7.81. The van der Waals surface area contributed by atoms with Crippen LogP contribution >= 0.6 is 0 Å². The van der Waals surface area contributed by atoms with Gasteiger partial charge in [0.2, 0.25) is 5.95 Å². The molecule has 1 aliphatic heterocycles. The fourth-order valence-corrected chi connectivity index (χ4v) is 3.79. The summed E-state index contributed by atoms with van der Waals surface area (Å²) in [5, 5.41) is 12.5. The van der Waals surface area contributed by atoms with Gasteiger partial charge in [0, 0.05) is 32.7 Å².